The fourth-order valence-electron chi connectivity index (χ4n) is 2.04. The van der Waals surface area contributed by atoms with Gasteiger partial charge in [0.1, 0.15) is 0 Å². The highest BCUT2D eigenvalue weighted by Crippen LogP contribution is 2.19. The highest BCUT2D eigenvalue weighted by atomic mass is 32.2. The second-order valence-corrected chi connectivity index (χ2v) is 6.21. The van der Waals surface area contributed by atoms with E-state index in [1.54, 1.807) is 16.3 Å². The van der Waals surface area contributed by atoms with Gasteiger partial charge in [-0.1, -0.05) is 45.9 Å². The van der Waals surface area contributed by atoms with Gasteiger partial charge in [-0.15, -0.1) is 5.10 Å². The quantitative estimate of drug-likeness (QED) is 0.652. The minimum atomic E-state index is -0.101. The number of aromatic nitrogens is 3. The Balaban J connectivity index is 2.64. The lowest BCUT2D eigenvalue weighted by Crippen LogP contribution is -2.37. The molecule has 0 aliphatic carbocycles. The zero-order valence-electron chi connectivity index (χ0n) is 13.1. The van der Waals surface area contributed by atoms with Crippen LogP contribution in [0, 0.1) is 5.92 Å². The third-order valence-electron chi connectivity index (χ3n) is 3.55. The molecule has 5 nitrogen and oxygen atoms in total. The van der Waals surface area contributed by atoms with Gasteiger partial charge in [-0.05, 0) is 25.3 Å². The number of thioether (sulfide) groups is 1. The molecule has 0 fully saturated rings. The number of nitrogens with one attached hydrogen (secondary N) is 2. The summed E-state index contributed by atoms with van der Waals surface area (Å²) in [4.78, 5) is 11.7. The van der Waals surface area contributed by atoms with E-state index < -0.39 is 0 Å². The summed E-state index contributed by atoms with van der Waals surface area (Å²) >= 11 is 1.67. The zero-order valence-corrected chi connectivity index (χ0v) is 13.9. The summed E-state index contributed by atoms with van der Waals surface area (Å²) in [6.45, 7) is 10.5. The first kappa shape index (κ1) is 17.3. The Kier molecular flexibility index (Phi) is 7.99. The normalized spacial score (nSPS) is 14.4. The highest BCUT2D eigenvalue weighted by molar-refractivity contribution is 7.99. The van der Waals surface area contributed by atoms with Crippen LogP contribution < -0.4 is 11.0 Å². The van der Waals surface area contributed by atoms with Crippen molar-refractivity contribution < 1.29 is 0 Å². The van der Waals surface area contributed by atoms with Crippen LogP contribution >= 0.6 is 11.8 Å². The van der Waals surface area contributed by atoms with Crippen molar-refractivity contribution in [2.75, 3.05) is 12.3 Å². The molecular weight excluding hydrogens is 272 g/mol. The summed E-state index contributed by atoms with van der Waals surface area (Å²) in [5, 5.41) is 11.1. The zero-order chi connectivity index (χ0) is 15.0. The molecule has 1 aromatic heterocycles. The van der Waals surface area contributed by atoms with Gasteiger partial charge in [0.25, 0.3) is 0 Å². The van der Waals surface area contributed by atoms with Crippen molar-refractivity contribution in [3.8, 4) is 0 Å². The summed E-state index contributed by atoms with van der Waals surface area (Å²) in [5.74, 6) is 1.57. The van der Waals surface area contributed by atoms with Gasteiger partial charge in [0.2, 0.25) is 0 Å². The molecule has 0 spiro atoms. The lowest BCUT2D eigenvalue weighted by Gasteiger charge is -2.23. The van der Waals surface area contributed by atoms with Crippen molar-refractivity contribution in [3.05, 3.63) is 10.5 Å². The first-order valence-corrected chi connectivity index (χ1v) is 8.63. The van der Waals surface area contributed by atoms with Crippen LogP contribution in [0.4, 0.5) is 0 Å². The average Bonchev–Trinajstić information content (AvgIpc) is 2.80. The number of nitrogens with zero attached hydrogens (tertiary/aromatic N) is 2. The summed E-state index contributed by atoms with van der Waals surface area (Å²) in [6, 6.07) is 0.465. The summed E-state index contributed by atoms with van der Waals surface area (Å²) in [5.41, 5.74) is -0.101. The van der Waals surface area contributed by atoms with Crippen molar-refractivity contribution in [2.24, 2.45) is 5.92 Å². The fourth-order valence-corrected chi connectivity index (χ4v) is 3.25. The maximum Gasteiger partial charge on any atom is 0.343 e. The van der Waals surface area contributed by atoms with E-state index in [0.717, 1.165) is 43.3 Å². The predicted molar refractivity (Wildman–Crippen MR) is 85.4 cm³/mol. The van der Waals surface area contributed by atoms with E-state index in [0.29, 0.717) is 12.0 Å². The van der Waals surface area contributed by atoms with Crippen LogP contribution in [-0.4, -0.2) is 33.1 Å². The van der Waals surface area contributed by atoms with Crippen LogP contribution in [0.15, 0.2) is 9.95 Å². The maximum atomic E-state index is 11.7. The minimum absolute atomic E-state index is 0.101. The maximum absolute atomic E-state index is 11.7. The van der Waals surface area contributed by atoms with E-state index >= 15 is 0 Å². The molecule has 116 valence electrons. The lowest BCUT2D eigenvalue weighted by atomic mass is 10.0. The first-order chi connectivity index (χ1) is 9.63. The van der Waals surface area contributed by atoms with E-state index in [9.17, 15) is 4.79 Å². The Morgan fingerprint density at radius 1 is 1.35 bits per heavy atom. The predicted octanol–water partition coefficient (Wildman–Crippen LogP) is 2.49. The van der Waals surface area contributed by atoms with Gasteiger partial charge in [-0.2, -0.15) is 0 Å². The smallest absolute Gasteiger partial charge is 0.313 e. The van der Waals surface area contributed by atoms with Crippen molar-refractivity contribution in [1.82, 2.24) is 20.1 Å². The van der Waals surface area contributed by atoms with Crippen LogP contribution in [0.25, 0.3) is 0 Å². The van der Waals surface area contributed by atoms with Gasteiger partial charge in [0, 0.05) is 18.3 Å². The fraction of sp³-hybridized carbons (Fsp3) is 0.857. The Hall–Kier alpha value is -0.750. The third-order valence-corrected chi connectivity index (χ3v) is 4.65. The van der Waals surface area contributed by atoms with Crippen LogP contribution in [0.3, 0.4) is 0 Å². The molecule has 2 atom stereocenters. The molecule has 1 rings (SSSR count). The molecule has 2 N–H and O–H groups in total. The van der Waals surface area contributed by atoms with Crippen LogP contribution in [-0.2, 0) is 6.54 Å². The van der Waals surface area contributed by atoms with Gasteiger partial charge in [-0.3, -0.25) is 4.57 Å². The van der Waals surface area contributed by atoms with Crippen LogP contribution in [0.2, 0.25) is 0 Å². The average molecular weight is 300 g/mol. The molecule has 0 bridgehead atoms. The van der Waals surface area contributed by atoms with Gasteiger partial charge in [0.05, 0.1) is 0 Å². The molecule has 0 aliphatic rings. The Labute approximate surface area is 125 Å². The molecule has 0 amide bonds. The Morgan fingerprint density at radius 2 is 2.10 bits per heavy atom. The summed E-state index contributed by atoms with van der Waals surface area (Å²) < 4.78 is 1.73. The van der Waals surface area contributed by atoms with Crippen molar-refractivity contribution in [1.29, 1.82) is 0 Å². The Bertz CT molecular complexity index is 429. The molecule has 1 aromatic rings. The van der Waals surface area contributed by atoms with Gasteiger partial charge < -0.3 is 5.32 Å². The second-order valence-electron chi connectivity index (χ2n) is 5.22. The second kappa shape index (κ2) is 9.23. The lowest BCUT2D eigenvalue weighted by molar-refractivity contribution is 0.396. The van der Waals surface area contributed by atoms with E-state index in [1.807, 2.05) is 0 Å². The van der Waals surface area contributed by atoms with Crippen molar-refractivity contribution in [3.63, 3.8) is 0 Å². The number of aromatic amines is 1. The molecular formula is C14H28N4OS. The van der Waals surface area contributed by atoms with Crippen LogP contribution in [0.1, 0.15) is 47.0 Å². The summed E-state index contributed by atoms with van der Waals surface area (Å²) in [6.07, 6.45) is 3.24. The Morgan fingerprint density at radius 3 is 2.70 bits per heavy atom. The molecule has 0 radical (unpaired) electrons. The molecule has 0 saturated heterocycles. The van der Waals surface area contributed by atoms with Crippen molar-refractivity contribution in [2.45, 2.75) is 64.7 Å². The van der Waals surface area contributed by atoms with Crippen LogP contribution in [0.5, 0.6) is 0 Å². The number of hydrogen-bond acceptors (Lipinski definition) is 4. The minimum Gasteiger partial charge on any atom is -0.313 e. The highest BCUT2D eigenvalue weighted by Gasteiger charge is 2.17. The summed E-state index contributed by atoms with van der Waals surface area (Å²) in [7, 11) is 0. The van der Waals surface area contributed by atoms with Gasteiger partial charge in [-0.25, -0.2) is 9.89 Å². The molecule has 20 heavy (non-hydrogen) atoms. The molecule has 0 aromatic carbocycles. The van der Waals surface area contributed by atoms with E-state index in [1.165, 1.54) is 0 Å². The van der Waals surface area contributed by atoms with E-state index in [-0.39, 0.29) is 5.69 Å². The molecule has 1 heterocycles. The third kappa shape index (κ3) is 4.98. The first-order valence-electron chi connectivity index (χ1n) is 7.65. The van der Waals surface area contributed by atoms with Crippen molar-refractivity contribution >= 4 is 11.8 Å². The standard InChI is InChI=1S/C14H28N4OS/c1-5-8-15-12(11(4)7-3)10-20-14-17-16-13(19)18(14)9-6-2/h11-12,15H,5-10H2,1-4H3,(H,16,19). The van der Waals surface area contributed by atoms with Gasteiger partial charge in [0.15, 0.2) is 5.16 Å². The van der Waals surface area contributed by atoms with E-state index in [2.05, 4.69) is 43.2 Å². The number of hydrogen-bond donors (Lipinski definition) is 2. The number of H-pyrrole nitrogens is 1. The largest absolute Gasteiger partial charge is 0.343 e. The van der Waals surface area contributed by atoms with Gasteiger partial charge >= 0.3 is 5.69 Å². The molecule has 2 unspecified atom stereocenters. The molecule has 6 heteroatoms. The monoisotopic (exact) mass is 300 g/mol. The molecule has 0 saturated carbocycles. The SMILES string of the molecule is CCCNC(CSc1n[nH]c(=O)n1CCC)C(C)CC. The van der Waals surface area contributed by atoms with E-state index in [4.69, 9.17) is 0 Å². The number of rotatable bonds is 10. The topological polar surface area (TPSA) is 62.7 Å². The molecule has 0 aliphatic heterocycles.